The molecular formula is C18H19NO. The lowest BCUT2D eigenvalue weighted by molar-refractivity contribution is -0.121. The second-order valence-electron chi connectivity index (χ2n) is 5.38. The Bertz CT molecular complexity index is 574. The average molecular weight is 265 g/mol. The predicted molar refractivity (Wildman–Crippen MR) is 82.4 cm³/mol. The molecule has 102 valence electrons. The summed E-state index contributed by atoms with van der Waals surface area (Å²) in [7, 11) is 0. The monoisotopic (exact) mass is 265 g/mol. The number of rotatable bonds is 3. The second kappa shape index (κ2) is 5.91. The number of para-hydroxylation sites is 1. The van der Waals surface area contributed by atoms with E-state index < -0.39 is 0 Å². The highest BCUT2D eigenvalue weighted by atomic mass is 16.1. The Morgan fingerprint density at radius 1 is 0.850 bits per heavy atom. The molecule has 0 radical (unpaired) electrons. The largest absolute Gasteiger partial charge is 0.356 e. The van der Waals surface area contributed by atoms with E-state index in [4.69, 9.17) is 0 Å². The first-order valence-corrected chi connectivity index (χ1v) is 7.28. The fraction of sp³-hybridized carbons (Fsp3) is 0.278. The molecule has 1 unspecified atom stereocenters. The summed E-state index contributed by atoms with van der Waals surface area (Å²) in [4.78, 5) is 12.0. The number of anilines is 2. The smallest absolute Gasteiger partial charge is 0.140 e. The van der Waals surface area contributed by atoms with Crippen LogP contribution in [0.25, 0.3) is 0 Å². The third kappa shape index (κ3) is 2.90. The number of carbonyl (C=O) groups is 1. The molecule has 0 aromatic heterocycles. The zero-order valence-corrected chi connectivity index (χ0v) is 11.5. The Morgan fingerprint density at radius 3 is 2.25 bits per heavy atom. The normalized spacial score (nSPS) is 18.8. The van der Waals surface area contributed by atoms with Crippen molar-refractivity contribution in [3.8, 4) is 0 Å². The molecule has 0 heterocycles. The van der Waals surface area contributed by atoms with E-state index >= 15 is 0 Å². The van der Waals surface area contributed by atoms with E-state index in [2.05, 4.69) is 29.6 Å². The highest BCUT2D eigenvalue weighted by Gasteiger charge is 2.23. The summed E-state index contributed by atoms with van der Waals surface area (Å²) in [5.74, 6) is 0.523. The summed E-state index contributed by atoms with van der Waals surface area (Å²) < 4.78 is 0. The van der Waals surface area contributed by atoms with E-state index in [1.54, 1.807) is 0 Å². The number of ketones is 1. The van der Waals surface area contributed by atoms with Gasteiger partial charge in [0.2, 0.25) is 0 Å². The lowest BCUT2D eigenvalue weighted by atomic mass is 9.83. The topological polar surface area (TPSA) is 29.1 Å². The van der Waals surface area contributed by atoms with Crippen LogP contribution in [0.5, 0.6) is 0 Å². The van der Waals surface area contributed by atoms with Crippen molar-refractivity contribution in [2.24, 2.45) is 0 Å². The summed E-state index contributed by atoms with van der Waals surface area (Å²) in [5, 5.41) is 3.36. The van der Waals surface area contributed by atoms with Crippen LogP contribution in [0, 0.1) is 0 Å². The van der Waals surface area contributed by atoms with Gasteiger partial charge in [0.25, 0.3) is 0 Å². The van der Waals surface area contributed by atoms with Crippen molar-refractivity contribution in [3.05, 3.63) is 60.2 Å². The molecule has 2 heteroatoms. The molecule has 1 aliphatic carbocycles. The van der Waals surface area contributed by atoms with Gasteiger partial charge in [0.15, 0.2) is 0 Å². The van der Waals surface area contributed by atoms with Gasteiger partial charge in [0, 0.05) is 23.7 Å². The van der Waals surface area contributed by atoms with E-state index in [0.29, 0.717) is 5.78 Å². The Hall–Kier alpha value is -2.09. The van der Waals surface area contributed by atoms with Gasteiger partial charge >= 0.3 is 0 Å². The van der Waals surface area contributed by atoms with Gasteiger partial charge in [-0.15, -0.1) is 0 Å². The van der Waals surface area contributed by atoms with Crippen LogP contribution in [0.4, 0.5) is 11.4 Å². The van der Waals surface area contributed by atoms with Crippen molar-refractivity contribution >= 4 is 17.2 Å². The first kappa shape index (κ1) is 12.9. The average Bonchev–Trinajstić information content (AvgIpc) is 2.50. The molecule has 3 rings (SSSR count). The fourth-order valence-electron chi connectivity index (χ4n) is 2.82. The van der Waals surface area contributed by atoms with E-state index in [9.17, 15) is 4.79 Å². The number of hydrogen-bond acceptors (Lipinski definition) is 2. The molecule has 20 heavy (non-hydrogen) atoms. The van der Waals surface area contributed by atoms with E-state index in [0.717, 1.165) is 36.2 Å². The Kier molecular flexibility index (Phi) is 3.82. The van der Waals surface area contributed by atoms with Crippen LogP contribution in [0.2, 0.25) is 0 Å². The van der Waals surface area contributed by atoms with Crippen molar-refractivity contribution in [1.29, 1.82) is 0 Å². The molecule has 0 saturated heterocycles. The second-order valence-corrected chi connectivity index (χ2v) is 5.38. The number of benzene rings is 2. The van der Waals surface area contributed by atoms with E-state index in [1.165, 1.54) is 6.42 Å². The lowest BCUT2D eigenvalue weighted by Gasteiger charge is -2.21. The van der Waals surface area contributed by atoms with Gasteiger partial charge < -0.3 is 5.32 Å². The van der Waals surface area contributed by atoms with Crippen LogP contribution >= 0.6 is 0 Å². The van der Waals surface area contributed by atoms with Gasteiger partial charge in [0.05, 0.1) is 0 Å². The van der Waals surface area contributed by atoms with Crippen LogP contribution in [0.15, 0.2) is 54.6 Å². The molecule has 0 bridgehead atoms. The molecule has 2 aromatic carbocycles. The minimum atomic E-state index is 0.120. The molecule has 2 nitrogen and oxygen atoms in total. The summed E-state index contributed by atoms with van der Waals surface area (Å²) in [5.41, 5.74) is 3.30. The van der Waals surface area contributed by atoms with E-state index in [1.807, 2.05) is 30.3 Å². The maximum atomic E-state index is 12.0. The Labute approximate surface area is 119 Å². The zero-order valence-electron chi connectivity index (χ0n) is 11.5. The Morgan fingerprint density at radius 2 is 1.55 bits per heavy atom. The lowest BCUT2D eigenvalue weighted by Crippen LogP contribution is -2.16. The number of Topliss-reactive ketones (excluding diaryl/α,β-unsaturated/α-hetero) is 1. The van der Waals surface area contributed by atoms with Crippen molar-refractivity contribution in [3.63, 3.8) is 0 Å². The molecule has 1 saturated carbocycles. The highest BCUT2D eigenvalue weighted by Crippen LogP contribution is 2.30. The molecular weight excluding hydrogens is 246 g/mol. The molecule has 1 aliphatic rings. The van der Waals surface area contributed by atoms with E-state index in [-0.39, 0.29) is 5.92 Å². The third-order valence-corrected chi connectivity index (χ3v) is 3.93. The van der Waals surface area contributed by atoms with Gasteiger partial charge in [-0.1, -0.05) is 36.8 Å². The predicted octanol–water partition coefficient (Wildman–Crippen LogP) is 4.66. The maximum Gasteiger partial charge on any atom is 0.140 e. The summed E-state index contributed by atoms with van der Waals surface area (Å²) in [6, 6.07) is 18.4. The van der Waals surface area contributed by atoms with Crippen LogP contribution in [0.3, 0.4) is 0 Å². The van der Waals surface area contributed by atoms with Gasteiger partial charge in [-0.3, -0.25) is 4.79 Å². The fourth-order valence-corrected chi connectivity index (χ4v) is 2.82. The maximum absolute atomic E-state index is 12.0. The quantitative estimate of drug-likeness (QED) is 0.874. The summed E-state index contributed by atoms with van der Waals surface area (Å²) in [6.07, 6.45) is 3.97. The van der Waals surface area contributed by atoms with Gasteiger partial charge in [-0.05, 0) is 42.7 Å². The number of hydrogen-bond donors (Lipinski definition) is 1. The Balaban J connectivity index is 1.72. The zero-order chi connectivity index (χ0) is 13.8. The first-order valence-electron chi connectivity index (χ1n) is 7.28. The van der Waals surface area contributed by atoms with Crippen molar-refractivity contribution < 1.29 is 4.79 Å². The molecule has 2 aromatic rings. The third-order valence-electron chi connectivity index (χ3n) is 3.93. The molecule has 1 atom stereocenters. The van der Waals surface area contributed by atoms with Crippen molar-refractivity contribution in [2.45, 2.75) is 31.6 Å². The van der Waals surface area contributed by atoms with Gasteiger partial charge in [-0.2, -0.15) is 0 Å². The first-order chi connectivity index (χ1) is 9.83. The van der Waals surface area contributed by atoms with Gasteiger partial charge in [-0.25, -0.2) is 0 Å². The van der Waals surface area contributed by atoms with Crippen LogP contribution in [-0.4, -0.2) is 5.78 Å². The van der Waals surface area contributed by atoms with Crippen LogP contribution < -0.4 is 5.32 Å². The molecule has 1 N–H and O–H groups in total. The molecule has 0 aliphatic heterocycles. The minimum Gasteiger partial charge on any atom is -0.356 e. The standard InChI is InChI=1S/C18H19NO/c20-18-9-5-4-8-17(18)14-10-12-16(13-11-14)19-15-6-2-1-3-7-15/h1-3,6-7,10-13,17,19H,4-5,8-9H2. The minimum absolute atomic E-state index is 0.120. The number of nitrogens with one attached hydrogen (secondary N) is 1. The molecule has 0 spiro atoms. The van der Waals surface area contributed by atoms with Gasteiger partial charge in [0.1, 0.15) is 5.78 Å². The number of carbonyl (C=O) groups excluding carboxylic acids is 1. The van der Waals surface area contributed by atoms with Crippen LogP contribution in [0.1, 0.15) is 37.2 Å². The summed E-state index contributed by atoms with van der Waals surface area (Å²) >= 11 is 0. The molecule has 0 amide bonds. The molecule has 1 fully saturated rings. The van der Waals surface area contributed by atoms with Crippen LogP contribution in [-0.2, 0) is 4.79 Å². The summed E-state index contributed by atoms with van der Waals surface area (Å²) in [6.45, 7) is 0. The van der Waals surface area contributed by atoms with Crippen molar-refractivity contribution in [1.82, 2.24) is 0 Å². The highest BCUT2D eigenvalue weighted by molar-refractivity contribution is 5.86. The SMILES string of the molecule is O=C1CCCCC1c1ccc(Nc2ccccc2)cc1. The van der Waals surface area contributed by atoms with Crippen molar-refractivity contribution in [2.75, 3.05) is 5.32 Å².